The summed E-state index contributed by atoms with van der Waals surface area (Å²) in [6.45, 7) is 4.17. The zero-order valence-corrected chi connectivity index (χ0v) is 11.5. The summed E-state index contributed by atoms with van der Waals surface area (Å²) in [7, 11) is 2.14. The van der Waals surface area contributed by atoms with Crippen LogP contribution < -0.4 is 0 Å². The maximum absolute atomic E-state index is 9.21. The summed E-state index contributed by atoms with van der Waals surface area (Å²) < 4.78 is 0. The van der Waals surface area contributed by atoms with Gasteiger partial charge in [-0.05, 0) is 50.2 Å². The Morgan fingerprint density at radius 1 is 1.53 bits per heavy atom. The molecule has 1 aromatic rings. The van der Waals surface area contributed by atoms with Crippen LogP contribution in [-0.4, -0.2) is 25.0 Å². The predicted octanol–water partition coefficient (Wildman–Crippen LogP) is 3.22. The molecule has 1 fully saturated rings. The number of aryl methyl sites for hydroxylation is 1. The van der Waals surface area contributed by atoms with Crippen LogP contribution >= 0.6 is 11.3 Å². The van der Waals surface area contributed by atoms with Gasteiger partial charge in [-0.15, -0.1) is 11.3 Å². The van der Waals surface area contributed by atoms with E-state index < -0.39 is 0 Å². The van der Waals surface area contributed by atoms with E-state index in [1.54, 1.807) is 0 Å². The molecule has 3 heteroatoms. The molecule has 92 valence electrons. The normalized spacial score (nSPS) is 17.8. The number of likely N-dealkylation sites (N-methyl/N-ethyl adjacent to an activating group) is 1. The van der Waals surface area contributed by atoms with Gasteiger partial charge in [0.15, 0.2) is 0 Å². The van der Waals surface area contributed by atoms with Gasteiger partial charge in [0, 0.05) is 18.0 Å². The molecule has 0 radical (unpaired) electrons. The molecule has 17 heavy (non-hydrogen) atoms. The van der Waals surface area contributed by atoms with Crippen LogP contribution in [0.4, 0.5) is 0 Å². The van der Waals surface area contributed by atoms with Gasteiger partial charge >= 0.3 is 0 Å². The SMILES string of the molecule is Cc1ccsc1CCN(C)CC1(C#N)CCC1. The third-order valence-corrected chi connectivity index (χ3v) is 4.89. The van der Waals surface area contributed by atoms with Crippen molar-refractivity contribution in [2.24, 2.45) is 5.41 Å². The molecule has 0 saturated heterocycles. The molecule has 2 rings (SSSR count). The number of hydrogen-bond acceptors (Lipinski definition) is 3. The van der Waals surface area contributed by atoms with E-state index in [4.69, 9.17) is 0 Å². The van der Waals surface area contributed by atoms with Gasteiger partial charge < -0.3 is 4.90 Å². The fourth-order valence-corrected chi connectivity index (χ4v) is 3.36. The highest BCUT2D eigenvalue weighted by atomic mass is 32.1. The largest absolute Gasteiger partial charge is 0.304 e. The van der Waals surface area contributed by atoms with E-state index in [1.807, 2.05) is 11.3 Å². The van der Waals surface area contributed by atoms with Crippen LogP contribution in [0, 0.1) is 23.7 Å². The molecule has 1 heterocycles. The number of rotatable bonds is 5. The van der Waals surface area contributed by atoms with Crippen molar-refractivity contribution in [3.8, 4) is 6.07 Å². The average Bonchev–Trinajstić information content (AvgIpc) is 2.67. The molecule has 0 aliphatic heterocycles. The number of thiophene rings is 1. The van der Waals surface area contributed by atoms with Crippen molar-refractivity contribution < 1.29 is 0 Å². The zero-order valence-electron chi connectivity index (χ0n) is 10.7. The highest BCUT2D eigenvalue weighted by molar-refractivity contribution is 7.10. The molecule has 0 amide bonds. The first-order valence-electron chi connectivity index (χ1n) is 6.28. The lowest BCUT2D eigenvalue weighted by Crippen LogP contribution is -2.40. The van der Waals surface area contributed by atoms with Crippen LogP contribution in [0.15, 0.2) is 11.4 Å². The Hall–Kier alpha value is -0.850. The number of nitriles is 1. The molecule has 1 aromatic heterocycles. The predicted molar refractivity (Wildman–Crippen MR) is 72.2 cm³/mol. The molecule has 0 N–H and O–H groups in total. The quantitative estimate of drug-likeness (QED) is 0.800. The van der Waals surface area contributed by atoms with Crippen molar-refractivity contribution >= 4 is 11.3 Å². The van der Waals surface area contributed by atoms with Gasteiger partial charge in [0.2, 0.25) is 0 Å². The van der Waals surface area contributed by atoms with Crippen LogP contribution in [0.2, 0.25) is 0 Å². The average molecular weight is 248 g/mol. The Bertz CT molecular complexity index is 412. The Kier molecular flexibility index (Phi) is 3.86. The van der Waals surface area contributed by atoms with E-state index >= 15 is 0 Å². The number of hydrogen-bond donors (Lipinski definition) is 0. The summed E-state index contributed by atoms with van der Waals surface area (Å²) in [6.07, 6.45) is 4.52. The van der Waals surface area contributed by atoms with Crippen molar-refractivity contribution in [3.63, 3.8) is 0 Å². The molecular weight excluding hydrogens is 228 g/mol. The first-order valence-corrected chi connectivity index (χ1v) is 7.16. The number of nitrogens with zero attached hydrogens (tertiary/aromatic N) is 2. The molecule has 0 atom stereocenters. The third-order valence-electron chi connectivity index (χ3n) is 3.81. The lowest BCUT2D eigenvalue weighted by Gasteiger charge is -2.38. The zero-order chi connectivity index (χ0) is 12.3. The Labute approximate surface area is 108 Å². The monoisotopic (exact) mass is 248 g/mol. The summed E-state index contributed by atoms with van der Waals surface area (Å²) in [6, 6.07) is 4.69. The van der Waals surface area contributed by atoms with E-state index in [9.17, 15) is 5.26 Å². The molecule has 2 nitrogen and oxygen atoms in total. The van der Waals surface area contributed by atoms with Gasteiger partial charge in [-0.3, -0.25) is 0 Å². The second-order valence-corrected chi connectivity index (χ2v) is 6.26. The minimum Gasteiger partial charge on any atom is -0.304 e. The van der Waals surface area contributed by atoms with Crippen LogP contribution in [-0.2, 0) is 6.42 Å². The minimum atomic E-state index is -0.0285. The fourth-order valence-electron chi connectivity index (χ4n) is 2.46. The standard InChI is InChI=1S/C14H20N2S/c1-12-5-9-17-13(12)4-8-16(2)11-14(10-15)6-3-7-14/h5,9H,3-4,6-8,11H2,1-2H3. The van der Waals surface area contributed by atoms with E-state index in [0.717, 1.165) is 32.4 Å². The van der Waals surface area contributed by atoms with Crippen LogP contribution in [0.5, 0.6) is 0 Å². The van der Waals surface area contributed by atoms with Crippen molar-refractivity contribution in [3.05, 3.63) is 21.9 Å². The minimum absolute atomic E-state index is 0.0285. The highest BCUT2D eigenvalue weighted by Crippen LogP contribution is 2.40. The fraction of sp³-hybridized carbons (Fsp3) is 0.643. The van der Waals surface area contributed by atoms with Crippen molar-refractivity contribution in [2.45, 2.75) is 32.6 Å². The van der Waals surface area contributed by atoms with E-state index in [2.05, 4.69) is 36.4 Å². The van der Waals surface area contributed by atoms with Crippen molar-refractivity contribution in [2.75, 3.05) is 20.1 Å². The molecule has 0 bridgehead atoms. The van der Waals surface area contributed by atoms with Crippen LogP contribution in [0.1, 0.15) is 29.7 Å². The Balaban J connectivity index is 1.80. The maximum atomic E-state index is 9.21. The smallest absolute Gasteiger partial charge is 0.0703 e. The van der Waals surface area contributed by atoms with E-state index in [1.165, 1.54) is 16.9 Å². The first-order chi connectivity index (χ1) is 8.15. The molecule has 0 unspecified atom stereocenters. The summed E-state index contributed by atoms with van der Waals surface area (Å²) in [4.78, 5) is 3.80. The summed E-state index contributed by atoms with van der Waals surface area (Å²) >= 11 is 1.84. The maximum Gasteiger partial charge on any atom is 0.0703 e. The topological polar surface area (TPSA) is 27.0 Å². The second kappa shape index (κ2) is 5.20. The van der Waals surface area contributed by atoms with Gasteiger partial charge in [0.25, 0.3) is 0 Å². The van der Waals surface area contributed by atoms with E-state index in [0.29, 0.717) is 0 Å². The van der Waals surface area contributed by atoms with Crippen molar-refractivity contribution in [1.29, 1.82) is 5.26 Å². The van der Waals surface area contributed by atoms with Crippen molar-refractivity contribution in [1.82, 2.24) is 4.90 Å². The molecule has 0 aromatic carbocycles. The van der Waals surface area contributed by atoms with Gasteiger partial charge in [0.1, 0.15) is 0 Å². The van der Waals surface area contributed by atoms with Gasteiger partial charge in [-0.1, -0.05) is 6.42 Å². The van der Waals surface area contributed by atoms with Gasteiger partial charge in [-0.2, -0.15) is 5.26 Å². The van der Waals surface area contributed by atoms with Gasteiger partial charge in [0.05, 0.1) is 11.5 Å². The van der Waals surface area contributed by atoms with Crippen LogP contribution in [0.3, 0.4) is 0 Å². The summed E-state index contributed by atoms with van der Waals surface area (Å²) in [5.74, 6) is 0. The molecular formula is C14H20N2S. The Morgan fingerprint density at radius 2 is 2.29 bits per heavy atom. The first kappa shape index (κ1) is 12.6. The lowest BCUT2D eigenvalue weighted by molar-refractivity contribution is 0.139. The lowest BCUT2D eigenvalue weighted by atomic mass is 9.69. The van der Waals surface area contributed by atoms with Gasteiger partial charge in [-0.25, -0.2) is 0 Å². The molecule has 1 aliphatic carbocycles. The van der Waals surface area contributed by atoms with Crippen LogP contribution in [0.25, 0.3) is 0 Å². The second-order valence-electron chi connectivity index (χ2n) is 5.26. The molecule has 1 aliphatic rings. The molecule has 1 saturated carbocycles. The highest BCUT2D eigenvalue weighted by Gasteiger charge is 2.37. The summed E-state index contributed by atoms with van der Waals surface area (Å²) in [5, 5.41) is 11.4. The molecule has 0 spiro atoms. The summed E-state index contributed by atoms with van der Waals surface area (Å²) in [5.41, 5.74) is 1.38. The Morgan fingerprint density at radius 3 is 2.76 bits per heavy atom. The third kappa shape index (κ3) is 2.88. The van der Waals surface area contributed by atoms with E-state index in [-0.39, 0.29) is 5.41 Å².